The zero-order valence-corrected chi connectivity index (χ0v) is 23.3. The first kappa shape index (κ1) is 27.7. The Labute approximate surface area is 231 Å². The van der Waals surface area contributed by atoms with E-state index in [1.807, 2.05) is 30.3 Å². The number of likely N-dealkylation sites (N-methyl/N-ethyl adjacent to an activating group) is 1. The lowest BCUT2D eigenvalue weighted by molar-refractivity contribution is -0.134. The van der Waals surface area contributed by atoms with Crippen molar-refractivity contribution in [3.63, 3.8) is 0 Å². The average molecular weight is 558 g/mol. The van der Waals surface area contributed by atoms with E-state index in [9.17, 15) is 18.3 Å². The van der Waals surface area contributed by atoms with Crippen molar-refractivity contribution in [2.24, 2.45) is 0 Å². The zero-order chi connectivity index (χ0) is 27.4. The van der Waals surface area contributed by atoms with E-state index < -0.39 is 10.2 Å². The second-order valence-corrected chi connectivity index (χ2v) is 12.3. The number of aliphatic hydroxyl groups excluding tert-OH is 1. The molecule has 5 rings (SSSR count). The first-order valence-electron chi connectivity index (χ1n) is 13.8. The highest BCUT2D eigenvalue weighted by atomic mass is 32.2. The number of aliphatic hydroxyl groups is 1. The van der Waals surface area contributed by atoms with Crippen LogP contribution in [0.4, 0.5) is 11.4 Å². The van der Waals surface area contributed by atoms with E-state index >= 15 is 0 Å². The Bertz CT molecular complexity index is 1250. The van der Waals surface area contributed by atoms with Gasteiger partial charge in [0.25, 0.3) is 5.91 Å². The van der Waals surface area contributed by atoms with Crippen molar-refractivity contribution in [1.82, 2.24) is 14.1 Å². The van der Waals surface area contributed by atoms with Gasteiger partial charge in [0, 0.05) is 51.9 Å². The van der Waals surface area contributed by atoms with Gasteiger partial charge >= 0.3 is 10.2 Å². The number of hydrogen-bond donors (Lipinski definition) is 3. The fourth-order valence-corrected chi connectivity index (χ4v) is 6.99. The Hall–Kier alpha value is -2.86. The van der Waals surface area contributed by atoms with Gasteiger partial charge in [-0.2, -0.15) is 12.7 Å². The maximum absolute atomic E-state index is 13.4. The largest absolute Gasteiger partial charge is 0.483 e. The molecule has 10 nitrogen and oxygen atoms in total. The summed E-state index contributed by atoms with van der Waals surface area (Å²) >= 11 is 0. The van der Waals surface area contributed by atoms with E-state index in [0.29, 0.717) is 37.6 Å². The van der Waals surface area contributed by atoms with Crippen LogP contribution in [-0.2, 0) is 21.4 Å². The molecule has 2 aromatic rings. The number of hydrogen-bond acceptors (Lipinski definition) is 7. The summed E-state index contributed by atoms with van der Waals surface area (Å²) in [5.41, 5.74) is 3.14. The van der Waals surface area contributed by atoms with E-state index in [1.165, 1.54) is 4.31 Å². The number of likely N-dealkylation sites (tertiary alicyclic amines) is 1. The number of nitrogens with one attached hydrogen (secondary N) is 2. The molecule has 2 fully saturated rings. The quantitative estimate of drug-likeness (QED) is 0.411. The van der Waals surface area contributed by atoms with Gasteiger partial charge in [-0.25, -0.2) is 0 Å². The molecular formula is C28H39N5O5S. The van der Waals surface area contributed by atoms with Crippen LogP contribution in [0.5, 0.6) is 5.75 Å². The van der Waals surface area contributed by atoms with Crippen molar-refractivity contribution >= 4 is 27.5 Å². The number of amides is 1. The van der Waals surface area contributed by atoms with E-state index in [2.05, 4.69) is 14.9 Å². The number of rotatable bonds is 10. The number of ether oxygens (including phenoxy) is 1. The summed E-state index contributed by atoms with van der Waals surface area (Å²) < 4.78 is 36.1. The van der Waals surface area contributed by atoms with E-state index in [-0.39, 0.29) is 24.7 Å². The first-order valence-corrected chi connectivity index (χ1v) is 15.3. The molecule has 2 aromatic carbocycles. The van der Waals surface area contributed by atoms with Crippen LogP contribution in [-0.4, -0.2) is 92.6 Å². The number of benzene rings is 2. The van der Waals surface area contributed by atoms with Crippen molar-refractivity contribution in [2.75, 3.05) is 63.0 Å². The number of carbonyl (C=O) groups is 1. The highest BCUT2D eigenvalue weighted by Gasteiger charge is 2.30. The maximum atomic E-state index is 13.4. The molecule has 3 N–H and O–H groups in total. The summed E-state index contributed by atoms with van der Waals surface area (Å²) in [6, 6.07) is 13.2. The van der Waals surface area contributed by atoms with Gasteiger partial charge in [-0.15, -0.1) is 0 Å². The molecular weight excluding hydrogens is 518 g/mol. The zero-order valence-electron chi connectivity index (χ0n) is 22.5. The van der Waals surface area contributed by atoms with Gasteiger partial charge in [-0.05, 0) is 49.8 Å². The van der Waals surface area contributed by atoms with Gasteiger partial charge in [-0.3, -0.25) is 14.4 Å². The van der Waals surface area contributed by atoms with Crippen LogP contribution in [0.15, 0.2) is 42.5 Å². The molecule has 0 aromatic heterocycles. The molecule has 0 bridgehead atoms. The second-order valence-electron chi connectivity index (χ2n) is 10.6. The summed E-state index contributed by atoms with van der Waals surface area (Å²) in [5, 5.41) is 13.3. The van der Waals surface area contributed by atoms with Crippen LogP contribution in [0, 0.1) is 0 Å². The molecule has 0 radical (unpaired) electrons. The predicted octanol–water partition coefficient (Wildman–Crippen LogP) is 2.44. The number of anilines is 2. The third-order valence-corrected chi connectivity index (χ3v) is 9.42. The molecule has 3 heterocycles. The number of β-amino-alcohol motifs (C(OH)–C–C–N with tert-alkyl or cyclic N) is 1. The Balaban J connectivity index is 1.29. The van der Waals surface area contributed by atoms with Gasteiger partial charge in [0.1, 0.15) is 5.75 Å². The van der Waals surface area contributed by atoms with Crippen molar-refractivity contribution < 1.29 is 23.1 Å². The lowest BCUT2D eigenvalue weighted by atomic mass is 10.0. The average Bonchev–Trinajstić information content (AvgIpc) is 3.64. The topological polar surface area (TPSA) is 114 Å². The fourth-order valence-electron chi connectivity index (χ4n) is 5.67. The Morgan fingerprint density at radius 2 is 1.92 bits per heavy atom. The minimum atomic E-state index is -3.62. The monoisotopic (exact) mass is 557 g/mol. The molecule has 1 unspecified atom stereocenters. The second kappa shape index (κ2) is 12.1. The summed E-state index contributed by atoms with van der Waals surface area (Å²) in [6.45, 7) is 3.71. The predicted molar refractivity (Wildman–Crippen MR) is 151 cm³/mol. The highest BCUT2D eigenvalue weighted by molar-refractivity contribution is 7.90. The lowest BCUT2D eigenvalue weighted by Gasteiger charge is -2.32. The summed E-state index contributed by atoms with van der Waals surface area (Å²) in [7, 11) is -1.83. The Morgan fingerprint density at radius 1 is 1.15 bits per heavy atom. The van der Waals surface area contributed by atoms with Gasteiger partial charge in [0.2, 0.25) is 0 Å². The number of carbonyl (C=O) groups excluding carboxylic acids is 1. The molecule has 2 atom stereocenters. The van der Waals surface area contributed by atoms with Crippen LogP contribution >= 0.6 is 0 Å². The van der Waals surface area contributed by atoms with Gasteiger partial charge in [0.15, 0.2) is 6.61 Å². The first-order chi connectivity index (χ1) is 18.8. The van der Waals surface area contributed by atoms with Crippen molar-refractivity contribution in [2.45, 2.75) is 44.2 Å². The van der Waals surface area contributed by atoms with Crippen LogP contribution < -0.4 is 14.8 Å². The molecule has 39 heavy (non-hydrogen) atoms. The third-order valence-electron chi connectivity index (χ3n) is 7.89. The summed E-state index contributed by atoms with van der Waals surface area (Å²) in [6.07, 6.45) is 3.77. The Morgan fingerprint density at radius 3 is 2.64 bits per heavy atom. The molecule has 1 amide bonds. The molecule has 3 aliphatic rings. The van der Waals surface area contributed by atoms with Crippen LogP contribution in [0.25, 0.3) is 0 Å². The van der Waals surface area contributed by atoms with Crippen LogP contribution in [0.3, 0.4) is 0 Å². The normalized spacial score (nSPS) is 20.7. The van der Waals surface area contributed by atoms with Crippen LogP contribution in [0.2, 0.25) is 0 Å². The van der Waals surface area contributed by atoms with E-state index in [4.69, 9.17) is 4.74 Å². The van der Waals surface area contributed by atoms with Gasteiger partial charge < -0.3 is 20.1 Å². The third kappa shape index (κ3) is 6.49. The van der Waals surface area contributed by atoms with Crippen LogP contribution in [0.1, 0.15) is 42.9 Å². The van der Waals surface area contributed by atoms with Gasteiger partial charge in [-0.1, -0.05) is 30.3 Å². The van der Waals surface area contributed by atoms with Gasteiger partial charge in [0.05, 0.1) is 23.5 Å². The molecule has 11 heteroatoms. The molecule has 0 aliphatic carbocycles. The van der Waals surface area contributed by atoms with E-state index in [1.54, 1.807) is 24.1 Å². The molecule has 3 aliphatic heterocycles. The lowest BCUT2D eigenvalue weighted by Crippen LogP contribution is -2.41. The minimum Gasteiger partial charge on any atom is -0.483 e. The van der Waals surface area contributed by atoms with Crippen molar-refractivity contribution in [3.05, 3.63) is 53.6 Å². The van der Waals surface area contributed by atoms with E-state index in [0.717, 1.165) is 62.0 Å². The standard InChI is InChI=1S/C28H39N5O5S/c1-31(25(21-8-3-2-4-9-21)19-32-17-13-22(34)18-32)27(35)20-38-26-12-11-24(28-23(26)10-7-14-29-28)30-39(36,37)33-15-5-6-16-33/h2-4,8-9,11-12,22,25,29-30,34H,5-7,10,13-20H2,1H3/t22-,25?/m0/s1. The molecule has 0 saturated carbocycles. The fraction of sp³-hybridized carbons (Fsp3) is 0.536. The molecule has 2 saturated heterocycles. The minimum absolute atomic E-state index is 0.131. The molecule has 212 valence electrons. The molecule has 0 spiro atoms. The number of nitrogens with zero attached hydrogens (tertiary/aromatic N) is 3. The smallest absolute Gasteiger partial charge is 0.301 e. The summed E-state index contributed by atoms with van der Waals surface area (Å²) in [4.78, 5) is 17.3. The van der Waals surface area contributed by atoms with Crippen molar-refractivity contribution in [1.29, 1.82) is 0 Å². The summed E-state index contributed by atoms with van der Waals surface area (Å²) in [5.74, 6) is 0.432. The Kier molecular flexibility index (Phi) is 8.61. The number of fused-ring (bicyclic) bond motifs is 1. The van der Waals surface area contributed by atoms with Crippen molar-refractivity contribution in [3.8, 4) is 5.75 Å². The maximum Gasteiger partial charge on any atom is 0.301 e. The SMILES string of the molecule is CN(C(=O)COc1ccc(NS(=O)(=O)N2CCCC2)c2c1CCCN2)C(CN1CC[C@H](O)C1)c1ccccc1. The highest BCUT2D eigenvalue weighted by Crippen LogP contribution is 2.38.